The topological polar surface area (TPSA) is 60.4 Å². The molecule has 120 valence electrons. The van der Waals surface area contributed by atoms with Crippen LogP contribution in [0.5, 0.6) is 0 Å². The molecule has 0 aliphatic carbocycles. The first-order chi connectivity index (χ1) is 10.4. The van der Waals surface area contributed by atoms with Crippen molar-refractivity contribution in [2.45, 2.75) is 42.4 Å². The molecule has 0 aliphatic rings. The van der Waals surface area contributed by atoms with Crippen LogP contribution in [0.25, 0.3) is 0 Å². The highest BCUT2D eigenvalue weighted by Crippen LogP contribution is 2.25. The van der Waals surface area contributed by atoms with Crippen LogP contribution in [-0.4, -0.2) is 25.7 Å². The minimum absolute atomic E-state index is 0.220. The molecule has 1 aromatic carbocycles. The van der Waals surface area contributed by atoms with Gasteiger partial charge in [0.05, 0.1) is 4.90 Å². The number of carbonyl (C=O) groups is 1. The standard InChI is InChI=1S/C17H22O4S/c1-4-6-8-13-17(16(5-2)21-14(3)18)22(19,20)15-11-9-7-10-12-15/h4-5,7,9-12,16-17H,1-2,6,8,13H2,3H3. The highest BCUT2D eigenvalue weighted by Gasteiger charge is 2.34. The van der Waals surface area contributed by atoms with E-state index in [1.807, 2.05) is 0 Å². The second kappa shape index (κ2) is 8.54. The van der Waals surface area contributed by atoms with Crippen LogP contribution < -0.4 is 0 Å². The molecule has 0 aliphatic heterocycles. The van der Waals surface area contributed by atoms with E-state index in [0.717, 1.165) is 0 Å². The van der Waals surface area contributed by atoms with Crippen molar-refractivity contribution in [1.82, 2.24) is 0 Å². The molecule has 2 atom stereocenters. The zero-order chi connectivity index (χ0) is 16.6. The maximum absolute atomic E-state index is 12.8. The Hall–Kier alpha value is -1.88. The number of carbonyl (C=O) groups excluding carboxylic acids is 1. The quantitative estimate of drug-likeness (QED) is 0.397. The number of rotatable bonds is 9. The van der Waals surface area contributed by atoms with Crippen LogP contribution in [0.15, 0.2) is 60.5 Å². The van der Waals surface area contributed by atoms with Gasteiger partial charge in [0, 0.05) is 6.92 Å². The lowest BCUT2D eigenvalue weighted by atomic mass is 10.1. The number of hydrogen-bond acceptors (Lipinski definition) is 4. The maximum Gasteiger partial charge on any atom is 0.303 e. The van der Waals surface area contributed by atoms with Crippen molar-refractivity contribution in [3.63, 3.8) is 0 Å². The van der Waals surface area contributed by atoms with Gasteiger partial charge in [0.25, 0.3) is 0 Å². The molecule has 22 heavy (non-hydrogen) atoms. The zero-order valence-corrected chi connectivity index (χ0v) is 13.6. The van der Waals surface area contributed by atoms with Gasteiger partial charge in [-0.05, 0) is 31.4 Å². The largest absolute Gasteiger partial charge is 0.457 e. The van der Waals surface area contributed by atoms with Crippen molar-refractivity contribution in [1.29, 1.82) is 0 Å². The van der Waals surface area contributed by atoms with Gasteiger partial charge in [-0.3, -0.25) is 4.79 Å². The number of esters is 1. The van der Waals surface area contributed by atoms with Crippen molar-refractivity contribution in [2.24, 2.45) is 0 Å². The van der Waals surface area contributed by atoms with Gasteiger partial charge in [-0.2, -0.15) is 0 Å². The van der Waals surface area contributed by atoms with Gasteiger partial charge in [0.2, 0.25) is 0 Å². The zero-order valence-electron chi connectivity index (χ0n) is 12.8. The van der Waals surface area contributed by atoms with Crippen molar-refractivity contribution < 1.29 is 17.9 Å². The van der Waals surface area contributed by atoms with E-state index in [0.29, 0.717) is 19.3 Å². The monoisotopic (exact) mass is 322 g/mol. The summed E-state index contributed by atoms with van der Waals surface area (Å²) >= 11 is 0. The van der Waals surface area contributed by atoms with E-state index in [-0.39, 0.29) is 4.90 Å². The SMILES string of the molecule is C=CCCCC(C(C=C)OC(C)=O)S(=O)(=O)c1ccccc1. The van der Waals surface area contributed by atoms with Crippen molar-refractivity contribution in [3.05, 3.63) is 55.6 Å². The van der Waals surface area contributed by atoms with Gasteiger partial charge < -0.3 is 4.74 Å². The fourth-order valence-corrected chi connectivity index (χ4v) is 4.09. The molecule has 0 aromatic heterocycles. The molecule has 4 nitrogen and oxygen atoms in total. The number of ether oxygens (including phenoxy) is 1. The summed E-state index contributed by atoms with van der Waals surface area (Å²) in [5.41, 5.74) is 0. The lowest BCUT2D eigenvalue weighted by Gasteiger charge is -2.24. The van der Waals surface area contributed by atoms with Crippen molar-refractivity contribution in [2.75, 3.05) is 0 Å². The molecule has 5 heteroatoms. The normalized spacial score (nSPS) is 13.9. The predicted molar refractivity (Wildman–Crippen MR) is 87.2 cm³/mol. The van der Waals surface area contributed by atoms with E-state index in [9.17, 15) is 13.2 Å². The predicted octanol–water partition coefficient (Wildman–Crippen LogP) is 3.30. The summed E-state index contributed by atoms with van der Waals surface area (Å²) in [6.07, 6.45) is 3.96. The minimum atomic E-state index is -3.62. The first-order valence-corrected chi connectivity index (χ1v) is 8.67. The average Bonchev–Trinajstić information content (AvgIpc) is 2.50. The second-order valence-corrected chi connectivity index (χ2v) is 7.09. The number of hydrogen-bond donors (Lipinski definition) is 0. The molecule has 0 bridgehead atoms. The molecule has 0 spiro atoms. The van der Waals surface area contributed by atoms with Gasteiger partial charge in [-0.15, -0.1) is 6.58 Å². The maximum atomic E-state index is 12.8. The van der Waals surface area contributed by atoms with Gasteiger partial charge in [0.15, 0.2) is 9.84 Å². The molecule has 1 rings (SSSR count). The van der Waals surface area contributed by atoms with E-state index in [4.69, 9.17) is 4.74 Å². The van der Waals surface area contributed by atoms with Crippen LogP contribution in [0.1, 0.15) is 26.2 Å². The molecule has 2 unspecified atom stereocenters. The third-order valence-electron chi connectivity index (χ3n) is 3.27. The summed E-state index contributed by atoms with van der Waals surface area (Å²) in [7, 11) is -3.62. The van der Waals surface area contributed by atoms with Gasteiger partial charge in [-0.25, -0.2) is 8.42 Å². The summed E-state index contributed by atoms with van der Waals surface area (Å²) in [6.45, 7) is 8.50. The molecule has 1 aromatic rings. The fourth-order valence-electron chi connectivity index (χ4n) is 2.21. The van der Waals surface area contributed by atoms with Gasteiger partial charge >= 0.3 is 5.97 Å². The van der Waals surface area contributed by atoms with E-state index in [2.05, 4.69) is 13.2 Å². The van der Waals surface area contributed by atoms with Crippen LogP contribution in [-0.2, 0) is 19.4 Å². The summed E-state index contributed by atoms with van der Waals surface area (Å²) in [5, 5.41) is -0.851. The smallest absolute Gasteiger partial charge is 0.303 e. The highest BCUT2D eigenvalue weighted by molar-refractivity contribution is 7.92. The van der Waals surface area contributed by atoms with Crippen LogP contribution in [0.3, 0.4) is 0 Å². The van der Waals surface area contributed by atoms with Gasteiger partial charge in [0.1, 0.15) is 11.4 Å². The lowest BCUT2D eigenvalue weighted by Crippen LogP contribution is -2.36. The summed E-state index contributed by atoms with van der Waals surface area (Å²) in [6, 6.07) is 8.18. The van der Waals surface area contributed by atoms with Crippen LogP contribution >= 0.6 is 0 Å². The first-order valence-electron chi connectivity index (χ1n) is 7.13. The van der Waals surface area contributed by atoms with E-state index < -0.39 is 27.2 Å². The molecule has 0 fully saturated rings. The molecule has 0 saturated carbocycles. The average molecular weight is 322 g/mol. The van der Waals surface area contributed by atoms with Crippen LogP contribution in [0.4, 0.5) is 0 Å². The van der Waals surface area contributed by atoms with E-state index in [1.165, 1.54) is 13.0 Å². The Bertz CT molecular complexity index is 605. The van der Waals surface area contributed by atoms with Crippen molar-refractivity contribution in [3.8, 4) is 0 Å². The number of sulfone groups is 1. The second-order valence-electron chi connectivity index (χ2n) is 4.93. The van der Waals surface area contributed by atoms with E-state index >= 15 is 0 Å². The summed E-state index contributed by atoms with van der Waals surface area (Å²) < 4.78 is 30.8. The molecule has 0 N–H and O–H groups in total. The summed E-state index contributed by atoms with van der Waals surface area (Å²) in [5.74, 6) is -0.526. The Morgan fingerprint density at radius 2 is 1.91 bits per heavy atom. The fraction of sp³-hybridized carbons (Fsp3) is 0.353. The van der Waals surface area contributed by atoms with E-state index in [1.54, 1.807) is 36.4 Å². The Labute approximate surface area is 132 Å². The van der Waals surface area contributed by atoms with Crippen molar-refractivity contribution >= 4 is 15.8 Å². The third kappa shape index (κ3) is 4.84. The van der Waals surface area contributed by atoms with Gasteiger partial charge in [-0.1, -0.05) is 36.9 Å². The highest BCUT2D eigenvalue weighted by atomic mass is 32.2. The Balaban J connectivity index is 3.15. The Kier molecular flexibility index (Phi) is 7.05. The van der Waals surface area contributed by atoms with Crippen LogP contribution in [0, 0.1) is 0 Å². The lowest BCUT2D eigenvalue weighted by molar-refractivity contribution is -0.144. The molecule has 0 amide bonds. The molecular weight excluding hydrogens is 300 g/mol. The summed E-state index contributed by atoms with van der Waals surface area (Å²) in [4.78, 5) is 11.4. The number of allylic oxidation sites excluding steroid dienone is 1. The Morgan fingerprint density at radius 3 is 2.41 bits per heavy atom. The molecule has 0 saturated heterocycles. The van der Waals surface area contributed by atoms with Crippen LogP contribution in [0.2, 0.25) is 0 Å². The third-order valence-corrected chi connectivity index (χ3v) is 5.50. The molecule has 0 radical (unpaired) electrons. The number of unbranched alkanes of at least 4 members (excludes halogenated alkanes) is 1. The molecular formula is C17H22O4S. The molecule has 0 heterocycles. The Morgan fingerprint density at radius 1 is 1.27 bits per heavy atom. The first kappa shape index (κ1) is 18.2. The number of benzene rings is 1. The minimum Gasteiger partial charge on any atom is -0.457 e.